The Morgan fingerprint density at radius 2 is 2.09 bits per heavy atom. The summed E-state index contributed by atoms with van der Waals surface area (Å²) in [4.78, 5) is 25.8. The second-order valence-electron chi connectivity index (χ2n) is 5.84. The molecule has 6 nitrogen and oxygen atoms in total. The third-order valence-electron chi connectivity index (χ3n) is 4.35. The summed E-state index contributed by atoms with van der Waals surface area (Å²) >= 11 is 0. The van der Waals surface area contributed by atoms with Gasteiger partial charge in [0.05, 0.1) is 18.0 Å². The average molecular weight is 314 g/mol. The molecule has 6 heteroatoms. The molecule has 1 unspecified atom stereocenters. The second kappa shape index (κ2) is 5.87. The summed E-state index contributed by atoms with van der Waals surface area (Å²) in [5.74, 6) is -1.08. The van der Waals surface area contributed by atoms with Crippen molar-refractivity contribution >= 4 is 11.9 Å². The van der Waals surface area contributed by atoms with Gasteiger partial charge in [0.1, 0.15) is 5.76 Å². The lowest BCUT2D eigenvalue weighted by Gasteiger charge is -2.32. The number of carboxylic acid groups (broad SMARTS) is 1. The largest absolute Gasteiger partial charge is 0.481 e. The second-order valence-corrected chi connectivity index (χ2v) is 5.84. The van der Waals surface area contributed by atoms with Crippen molar-refractivity contribution in [1.29, 1.82) is 0 Å². The molecule has 3 rings (SSSR count). The molecule has 1 aliphatic rings. The molecule has 0 bridgehead atoms. The number of fused-ring (bicyclic) bond motifs is 1. The zero-order valence-corrected chi connectivity index (χ0v) is 13.1. The molecule has 2 aromatic rings. The van der Waals surface area contributed by atoms with Crippen LogP contribution in [0.25, 0.3) is 0 Å². The lowest BCUT2D eigenvalue weighted by molar-refractivity contribution is -0.141. The van der Waals surface area contributed by atoms with Gasteiger partial charge in [-0.3, -0.25) is 9.59 Å². The minimum atomic E-state index is -0.910. The number of amides is 1. The Morgan fingerprint density at radius 1 is 1.35 bits per heavy atom. The van der Waals surface area contributed by atoms with Crippen LogP contribution in [-0.2, 0) is 22.6 Å². The summed E-state index contributed by atoms with van der Waals surface area (Å²) in [5, 5.41) is 13.3. The molecule has 2 heterocycles. The normalized spacial score (nSPS) is 17.0. The molecule has 1 aromatic carbocycles. The van der Waals surface area contributed by atoms with Crippen LogP contribution < -0.4 is 0 Å². The lowest BCUT2D eigenvalue weighted by Crippen LogP contribution is -2.41. The van der Waals surface area contributed by atoms with Gasteiger partial charge in [-0.2, -0.15) is 0 Å². The van der Waals surface area contributed by atoms with Gasteiger partial charge in [0.2, 0.25) is 5.91 Å². The Kier molecular flexibility index (Phi) is 3.90. The first kappa shape index (κ1) is 15.3. The van der Waals surface area contributed by atoms with Gasteiger partial charge < -0.3 is 14.5 Å². The van der Waals surface area contributed by atoms with E-state index in [2.05, 4.69) is 5.16 Å². The first-order valence-corrected chi connectivity index (χ1v) is 7.47. The van der Waals surface area contributed by atoms with E-state index in [-0.39, 0.29) is 18.9 Å². The average Bonchev–Trinajstić information content (AvgIpc) is 2.85. The molecule has 1 atom stereocenters. The quantitative estimate of drug-likeness (QED) is 0.937. The number of rotatable bonds is 3. The van der Waals surface area contributed by atoms with E-state index in [0.717, 1.165) is 16.7 Å². The molecule has 1 amide bonds. The van der Waals surface area contributed by atoms with E-state index in [1.165, 1.54) is 0 Å². The van der Waals surface area contributed by atoms with Gasteiger partial charge in [-0.05, 0) is 25.0 Å². The topological polar surface area (TPSA) is 83.6 Å². The number of nitrogens with zero attached hydrogens (tertiary/aromatic N) is 2. The number of benzene rings is 1. The van der Waals surface area contributed by atoms with Crippen LogP contribution in [0.3, 0.4) is 0 Å². The summed E-state index contributed by atoms with van der Waals surface area (Å²) < 4.78 is 5.08. The van der Waals surface area contributed by atoms with Crippen molar-refractivity contribution in [1.82, 2.24) is 10.1 Å². The summed E-state index contributed by atoms with van der Waals surface area (Å²) in [6.07, 6.45) is 0.176. The summed E-state index contributed by atoms with van der Waals surface area (Å²) in [7, 11) is 0. The van der Waals surface area contributed by atoms with Crippen LogP contribution >= 0.6 is 0 Å². The first-order valence-electron chi connectivity index (χ1n) is 7.47. The minimum absolute atomic E-state index is 0.111. The Morgan fingerprint density at radius 3 is 2.74 bits per heavy atom. The molecule has 0 spiro atoms. The predicted molar refractivity (Wildman–Crippen MR) is 81.9 cm³/mol. The third kappa shape index (κ3) is 2.84. The Balaban J connectivity index is 1.84. The monoisotopic (exact) mass is 314 g/mol. The van der Waals surface area contributed by atoms with Crippen LogP contribution in [-0.4, -0.2) is 33.6 Å². The third-order valence-corrected chi connectivity index (χ3v) is 4.35. The zero-order valence-electron chi connectivity index (χ0n) is 13.1. The molecule has 23 heavy (non-hydrogen) atoms. The van der Waals surface area contributed by atoms with E-state index in [1.54, 1.807) is 18.7 Å². The van der Waals surface area contributed by atoms with E-state index < -0.39 is 11.9 Å². The number of hydrogen-bond acceptors (Lipinski definition) is 4. The minimum Gasteiger partial charge on any atom is -0.481 e. The maximum Gasteiger partial charge on any atom is 0.312 e. The van der Waals surface area contributed by atoms with Gasteiger partial charge in [0.15, 0.2) is 0 Å². The fourth-order valence-corrected chi connectivity index (χ4v) is 3.03. The highest BCUT2D eigenvalue weighted by atomic mass is 16.5. The van der Waals surface area contributed by atoms with Gasteiger partial charge in [0.25, 0.3) is 0 Å². The van der Waals surface area contributed by atoms with Gasteiger partial charge in [-0.1, -0.05) is 29.4 Å². The lowest BCUT2D eigenvalue weighted by atomic mass is 9.89. The Labute approximate surface area is 133 Å². The highest BCUT2D eigenvalue weighted by Crippen LogP contribution is 2.29. The highest BCUT2D eigenvalue weighted by Gasteiger charge is 2.32. The SMILES string of the molecule is Cc1noc(C)c1CC(=O)N1Cc2ccccc2C(C(=O)O)C1. The number of carbonyl (C=O) groups excluding carboxylic acids is 1. The molecule has 0 radical (unpaired) electrons. The smallest absolute Gasteiger partial charge is 0.312 e. The first-order chi connectivity index (χ1) is 11.0. The molecule has 1 aromatic heterocycles. The van der Waals surface area contributed by atoms with Crippen molar-refractivity contribution in [3.63, 3.8) is 0 Å². The molecule has 0 saturated heterocycles. The van der Waals surface area contributed by atoms with Crippen LogP contribution in [0, 0.1) is 13.8 Å². The zero-order chi connectivity index (χ0) is 16.6. The summed E-state index contributed by atoms with van der Waals surface area (Å²) in [5.41, 5.74) is 3.16. The number of aryl methyl sites for hydroxylation is 2. The Bertz CT molecular complexity index is 746. The molecular weight excluding hydrogens is 296 g/mol. The molecule has 0 fully saturated rings. The number of carbonyl (C=O) groups is 2. The number of aromatic nitrogens is 1. The number of aliphatic carboxylic acids is 1. The van der Waals surface area contributed by atoms with Crippen molar-refractivity contribution < 1.29 is 19.2 Å². The number of hydrogen-bond donors (Lipinski definition) is 1. The van der Waals surface area contributed by atoms with Crippen molar-refractivity contribution in [3.05, 3.63) is 52.4 Å². The molecule has 120 valence electrons. The molecule has 1 aliphatic heterocycles. The predicted octanol–water partition coefficient (Wildman–Crippen LogP) is 2.04. The van der Waals surface area contributed by atoms with Crippen LogP contribution in [0.15, 0.2) is 28.8 Å². The highest BCUT2D eigenvalue weighted by molar-refractivity contribution is 5.83. The van der Waals surface area contributed by atoms with Crippen molar-refractivity contribution in [2.24, 2.45) is 0 Å². The maximum absolute atomic E-state index is 12.6. The van der Waals surface area contributed by atoms with E-state index in [4.69, 9.17) is 4.52 Å². The van der Waals surface area contributed by atoms with Gasteiger partial charge >= 0.3 is 5.97 Å². The Hall–Kier alpha value is -2.63. The van der Waals surface area contributed by atoms with E-state index >= 15 is 0 Å². The molecule has 1 N–H and O–H groups in total. The summed E-state index contributed by atoms with van der Waals surface area (Å²) in [6.45, 7) is 4.19. The van der Waals surface area contributed by atoms with E-state index in [1.807, 2.05) is 24.3 Å². The van der Waals surface area contributed by atoms with E-state index in [9.17, 15) is 14.7 Å². The molecule has 0 saturated carbocycles. The van der Waals surface area contributed by atoms with Crippen LogP contribution in [0.1, 0.15) is 34.1 Å². The maximum atomic E-state index is 12.6. The molecular formula is C17H18N2O4. The van der Waals surface area contributed by atoms with Crippen molar-refractivity contribution in [2.45, 2.75) is 32.7 Å². The fraction of sp³-hybridized carbons (Fsp3) is 0.353. The van der Waals surface area contributed by atoms with Crippen LogP contribution in [0.4, 0.5) is 0 Å². The van der Waals surface area contributed by atoms with Crippen LogP contribution in [0.5, 0.6) is 0 Å². The number of carboxylic acids is 1. The van der Waals surface area contributed by atoms with Gasteiger partial charge in [-0.25, -0.2) is 0 Å². The van der Waals surface area contributed by atoms with Crippen LogP contribution in [0.2, 0.25) is 0 Å². The summed E-state index contributed by atoms with van der Waals surface area (Å²) in [6, 6.07) is 7.39. The van der Waals surface area contributed by atoms with Crippen molar-refractivity contribution in [3.8, 4) is 0 Å². The standard InChI is InChI=1S/C17H18N2O4/c1-10-14(11(2)23-18-10)7-16(20)19-8-12-5-3-4-6-13(12)15(9-19)17(21)22/h3-6,15H,7-9H2,1-2H3,(H,21,22). The van der Waals surface area contributed by atoms with Gasteiger partial charge in [0, 0.05) is 18.7 Å². The fourth-order valence-electron chi connectivity index (χ4n) is 3.03. The van der Waals surface area contributed by atoms with E-state index in [0.29, 0.717) is 18.0 Å². The van der Waals surface area contributed by atoms with Crippen molar-refractivity contribution in [2.75, 3.05) is 6.54 Å². The van der Waals surface area contributed by atoms with Gasteiger partial charge in [-0.15, -0.1) is 0 Å². The molecule has 0 aliphatic carbocycles.